The Morgan fingerprint density at radius 1 is 1.48 bits per heavy atom. The van der Waals surface area contributed by atoms with Gasteiger partial charge < -0.3 is 10.3 Å². The molecule has 3 N–H and O–H groups in total. The van der Waals surface area contributed by atoms with Gasteiger partial charge in [-0.05, 0) is 31.2 Å². The predicted octanol–water partition coefficient (Wildman–Crippen LogP) is 2.80. The van der Waals surface area contributed by atoms with Gasteiger partial charge in [0.2, 0.25) is 0 Å². The van der Waals surface area contributed by atoms with Crippen molar-refractivity contribution in [1.29, 1.82) is 0 Å². The number of hydrogen-bond acceptors (Lipinski definition) is 4. The van der Waals surface area contributed by atoms with Crippen molar-refractivity contribution >= 4 is 11.6 Å². The lowest BCUT2D eigenvalue weighted by Gasteiger charge is -2.30. The summed E-state index contributed by atoms with van der Waals surface area (Å²) in [5.74, 6) is 6.16. The summed E-state index contributed by atoms with van der Waals surface area (Å²) in [5.41, 5.74) is 3.78. The van der Waals surface area contributed by atoms with E-state index in [-0.39, 0.29) is 5.91 Å². The Labute approximate surface area is 126 Å². The molecule has 0 atom stereocenters. The molecular weight excluding hydrogens is 264 g/mol. The van der Waals surface area contributed by atoms with E-state index in [0.717, 1.165) is 25.8 Å². The van der Waals surface area contributed by atoms with Crippen LogP contribution in [0.4, 0.5) is 5.69 Å². The van der Waals surface area contributed by atoms with Crippen LogP contribution in [0.15, 0.2) is 18.5 Å². The maximum atomic E-state index is 12.9. The van der Waals surface area contributed by atoms with Crippen LogP contribution >= 0.6 is 0 Å². The van der Waals surface area contributed by atoms with Crippen molar-refractivity contribution in [3.63, 3.8) is 0 Å². The molecule has 1 aromatic rings. The summed E-state index contributed by atoms with van der Waals surface area (Å²) in [7, 11) is 0. The number of nitrogen functional groups attached to an aromatic ring is 1. The highest BCUT2D eigenvalue weighted by Gasteiger charge is 2.28. The second-order valence-corrected chi connectivity index (χ2v) is 6.18. The van der Waals surface area contributed by atoms with Crippen LogP contribution in [0.5, 0.6) is 0 Å². The molecule has 5 heteroatoms. The molecule has 0 radical (unpaired) electrons. The molecule has 0 aromatic carbocycles. The highest BCUT2D eigenvalue weighted by molar-refractivity contribution is 5.99. The standard InChI is InChI=1S/C16H26N4O/c1-12(2)8-10-20(13-5-3-4-6-13)16(21)14-7-9-18-11-15(14)19-17/h7,9,11-13,19H,3-6,8,10,17H2,1-2H3. The Morgan fingerprint density at radius 2 is 2.19 bits per heavy atom. The van der Waals surface area contributed by atoms with Gasteiger partial charge in [0, 0.05) is 18.8 Å². The van der Waals surface area contributed by atoms with Crippen LogP contribution in [0.1, 0.15) is 56.3 Å². The van der Waals surface area contributed by atoms with Gasteiger partial charge in [-0.3, -0.25) is 15.6 Å². The first-order valence-corrected chi connectivity index (χ1v) is 7.85. The smallest absolute Gasteiger partial charge is 0.256 e. The summed E-state index contributed by atoms with van der Waals surface area (Å²) in [4.78, 5) is 19.0. The second kappa shape index (κ2) is 7.41. The largest absolute Gasteiger partial charge is 0.336 e. The molecule has 21 heavy (non-hydrogen) atoms. The van der Waals surface area contributed by atoms with Crippen molar-refractivity contribution in [1.82, 2.24) is 9.88 Å². The zero-order chi connectivity index (χ0) is 15.2. The predicted molar refractivity (Wildman–Crippen MR) is 84.8 cm³/mol. The zero-order valence-corrected chi connectivity index (χ0v) is 13.0. The SMILES string of the molecule is CC(C)CCN(C(=O)c1ccncc1NN)C1CCCC1. The van der Waals surface area contributed by atoms with Crippen LogP contribution in [0.3, 0.4) is 0 Å². The number of carbonyl (C=O) groups excluding carboxylic acids is 1. The normalized spacial score (nSPS) is 15.4. The summed E-state index contributed by atoms with van der Waals surface area (Å²) in [6.45, 7) is 5.20. The minimum atomic E-state index is 0.0675. The minimum Gasteiger partial charge on any atom is -0.336 e. The summed E-state index contributed by atoms with van der Waals surface area (Å²) in [6, 6.07) is 2.12. The number of pyridine rings is 1. The fourth-order valence-electron chi connectivity index (χ4n) is 2.91. The molecule has 1 amide bonds. The number of nitrogens with two attached hydrogens (primary N) is 1. The van der Waals surface area contributed by atoms with Crippen molar-refractivity contribution in [3.05, 3.63) is 24.0 Å². The van der Waals surface area contributed by atoms with Crippen LogP contribution in [0.25, 0.3) is 0 Å². The molecule has 116 valence electrons. The number of hydrogen-bond donors (Lipinski definition) is 2. The van der Waals surface area contributed by atoms with Crippen molar-refractivity contribution in [2.24, 2.45) is 11.8 Å². The topological polar surface area (TPSA) is 71.2 Å². The first-order chi connectivity index (χ1) is 10.1. The Morgan fingerprint density at radius 3 is 2.81 bits per heavy atom. The number of rotatable bonds is 6. The van der Waals surface area contributed by atoms with Gasteiger partial charge in [-0.1, -0.05) is 26.7 Å². The first kappa shape index (κ1) is 15.8. The lowest BCUT2D eigenvalue weighted by molar-refractivity contribution is 0.0672. The Balaban J connectivity index is 2.20. The van der Waals surface area contributed by atoms with Gasteiger partial charge in [0.15, 0.2) is 0 Å². The van der Waals surface area contributed by atoms with Gasteiger partial charge in [0.25, 0.3) is 5.91 Å². The van der Waals surface area contributed by atoms with Gasteiger partial charge in [-0.25, -0.2) is 0 Å². The van der Waals surface area contributed by atoms with E-state index < -0.39 is 0 Å². The van der Waals surface area contributed by atoms with E-state index in [2.05, 4.69) is 24.3 Å². The Hall–Kier alpha value is -1.62. The molecule has 0 spiro atoms. The van der Waals surface area contributed by atoms with E-state index in [0.29, 0.717) is 23.2 Å². The Kier molecular flexibility index (Phi) is 5.56. The number of amides is 1. The number of carbonyl (C=O) groups is 1. The molecule has 0 unspecified atom stereocenters. The Bertz CT molecular complexity index is 469. The summed E-state index contributed by atoms with van der Waals surface area (Å²) in [5, 5.41) is 0. The van der Waals surface area contributed by atoms with Crippen LogP contribution in [0.2, 0.25) is 0 Å². The molecule has 1 saturated carbocycles. The van der Waals surface area contributed by atoms with Crippen LogP contribution < -0.4 is 11.3 Å². The quantitative estimate of drug-likeness (QED) is 0.624. The fourth-order valence-corrected chi connectivity index (χ4v) is 2.91. The molecule has 2 rings (SSSR count). The number of hydrazine groups is 1. The third-order valence-electron chi connectivity index (χ3n) is 4.18. The molecule has 1 aliphatic carbocycles. The van der Waals surface area contributed by atoms with Crippen molar-refractivity contribution in [2.75, 3.05) is 12.0 Å². The van der Waals surface area contributed by atoms with Gasteiger partial charge in [0.1, 0.15) is 0 Å². The minimum absolute atomic E-state index is 0.0675. The van der Waals surface area contributed by atoms with Crippen LogP contribution in [-0.4, -0.2) is 28.4 Å². The lowest BCUT2D eigenvalue weighted by atomic mass is 10.1. The monoisotopic (exact) mass is 290 g/mol. The maximum absolute atomic E-state index is 12.9. The van der Waals surface area contributed by atoms with E-state index >= 15 is 0 Å². The lowest BCUT2D eigenvalue weighted by Crippen LogP contribution is -2.40. The van der Waals surface area contributed by atoms with Gasteiger partial charge in [-0.15, -0.1) is 0 Å². The molecule has 1 aromatic heterocycles. The highest BCUT2D eigenvalue weighted by atomic mass is 16.2. The van der Waals surface area contributed by atoms with Gasteiger partial charge >= 0.3 is 0 Å². The van der Waals surface area contributed by atoms with E-state index in [1.807, 2.05) is 4.90 Å². The maximum Gasteiger partial charge on any atom is 0.256 e. The molecule has 1 fully saturated rings. The second-order valence-electron chi connectivity index (χ2n) is 6.18. The van der Waals surface area contributed by atoms with E-state index in [1.165, 1.54) is 12.8 Å². The molecule has 0 bridgehead atoms. The average Bonchev–Trinajstić information content (AvgIpc) is 3.01. The van der Waals surface area contributed by atoms with Gasteiger partial charge in [0.05, 0.1) is 17.4 Å². The molecule has 5 nitrogen and oxygen atoms in total. The number of anilines is 1. The first-order valence-electron chi connectivity index (χ1n) is 7.85. The van der Waals surface area contributed by atoms with Crippen molar-refractivity contribution in [2.45, 2.75) is 52.0 Å². The zero-order valence-electron chi connectivity index (χ0n) is 13.0. The number of nitrogens with one attached hydrogen (secondary N) is 1. The number of nitrogens with zero attached hydrogens (tertiary/aromatic N) is 2. The molecule has 0 aliphatic heterocycles. The summed E-state index contributed by atoms with van der Waals surface area (Å²) < 4.78 is 0. The molecule has 1 heterocycles. The average molecular weight is 290 g/mol. The van der Waals surface area contributed by atoms with E-state index in [1.54, 1.807) is 18.5 Å². The van der Waals surface area contributed by atoms with Crippen molar-refractivity contribution in [3.8, 4) is 0 Å². The third-order valence-corrected chi connectivity index (χ3v) is 4.18. The van der Waals surface area contributed by atoms with E-state index in [9.17, 15) is 4.79 Å². The summed E-state index contributed by atoms with van der Waals surface area (Å²) >= 11 is 0. The van der Waals surface area contributed by atoms with E-state index in [4.69, 9.17) is 5.84 Å². The molecule has 0 saturated heterocycles. The van der Waals surface area contributed by atoms with Crippen molar-refractivity contribution < 1.29 is 4.79 Å². The van der Waals surface area contributed by atoms with Crippen LogP contribution in [-0.2, 0) is 0 Å². The highest BCUT2D eigenvalue weighted by Crippen LogP contribution is 2.27. The number of aromatic nitrogens is 1. The van der Waals surface area contributed by atoms with Gasteiger partial charge in [-0.2, -0.15) is 0 Å². The summed E-state index contributed by atoms with van der Waals surface area (Å²) in [6.07, 6.45) is 8.92. The third kappa shape index (κ3) is 3.94. The van der Waals surface area contributed by atoms with Crippen LogP contribution in [0, 0.1) is 5.92 Å². The fraction of sp³-hybridized carbons (Fsp3) is 0.625. The molecule has 1 aliphatic rings. The molecular formula is C16H26N4O.